The Bertz CT molecular complexity index is 258. The number of hydrogen-bond acceptors (Lipinski definition) is 3. The van der Waals surface area contributed by atoms with Gasteiger partial charge in [0.05, 0.1) is 11.5 Å². The van der Waals surface area contributed by atoms with Crippen molar-refractivity contribution in [3.05, 3.63) is 0 Å². The van der Waals surface area contributed by atoms with E-state index in [1.165, 1.54) is 0 Å². The van der Waals surface area contributed by atoms with Crippen LogP contribution in [0.25, 0.3) is 0 Å². The molecule has 0 spiro atoms. The SMILES string of the molecule is CC(C)C1(CN)CCS(=O)(=O)C1. The summed E-state index contributed by atoms with van der Waals surface area (Å²) in [5.74, 6) is 0.969. The van der Waals surface area contributed by atoms with E-state index in [9.17, 15) is 8.42 Å². The second kappa shape index (κ2) is 3.00. The standard InChI is InChI=1S/C8H17NO2S/c1-7(2)8(5-9)3-4-12(10,11)6-8/h7H,3-6,9H2,1-2H3. The fourth-order valence-electron chi connectivity index (χ4n) is 1.79. The molecule has 1 fully saturated rings. The summed E-state index contributed by atoms with van der Waals surface area (Å²) < 4.78 is 22.5. The zero-order valence-electron chi connectivity index (χ0n) is 7.71. The molecule has 4 heteroatoms. The molecule has 3 nitrogen and oxygen atoms in total. The van der Waals surface area contributed by atoms with Crippen molar-refractivity contribution in [2.45, 2.75) is 20.3 Å². The van der Waals surface area contributed by atoms with Gasteiger partial charge < -0.3 is 5.73 Å². The molecule has 0 aromatic rings. The second-order valence-electron chi connectivity index (χ2n) is 4.06. The van der Waals surface area contributed by atoms with Crippen molar-refractivity contribution in [3.8, 4) is 0 Å². The molecule has 12 heavy (non-hydrogen) atoms. The molecule has 1 unspecified atom stereocenters. The summed E-state index contributed by atoms with van der Waals surface area (Å²) in [7, 11) is -2.79. The van der Waals surface area contributed by atoms with Crippen LogP contribution in [0.5, 0.6) is 0 Å². The summed E-state index contributed by atoms with van der Waals surface area (Å²) >= 11 is 0. The zero-order valence-corrected chi connectivity index (χ0v) is 8.52. The Morgan fingerprint density at radius 1 is 1.50 bits per heavy atom. The van der Waals surface area contributed by atoms with Crippen LogP contribution in [-0.4, -0.2) is 26.5 Å². The topological polar surface area (TPSA) is 60.2 Å². The highest BCUT2D eigenvalue weighted by atomic mass is 32.2. The Morgan fingerprint density at radius 3 is 2.25 bits per heavy atom. The highest BCUT2D eigenvalue weighted by molar-refractivity contribution is 7.91. The first-order valence-corrected chi connectivity index (χ1v) is 6.14. The first-order chi connectivity index (χ1) is 5.42. The zero-order chi connectivity index (χ0) is 9.41. The van der Waals surface area contributed by atoms with Gasteiger partial charge in [0.2, 0.25) is 0 Å². The smallest absolute Gasteiger partial charge is 0.150 e. The van der Waals surface area contributed by atoms with Crippen LogP contribution in [0, 0.1) is 11.3 Å². The van der Waals surface area contributed by atoms with Crippen LogP contribution in [0.15, 0.2) is 0 Å². The Hall–Kier alpha value is -0.0900. The Labute approximate surface area is 74.3 Å². The van der Waals surface area contributed by atoms with Crippen LogP contribution in [0.1, 0.15) is 20.3 Å². The number of rotatable bonds is 2. The monoisotopic (exact) mass is 191 g/mol. The highest BCUT2D eigenvalue weighted by Crippen LogP contribution is 2.37. The van der Waals surface area contributed by atoms with Crippen molar-refractivity contribution < 1.29 is 8.42 Å². The number of nitrogens with two attached hydrogens (primary N) is 1. The van der Waals surface area contributed by atoms with E-state index in [0.717, 1.165) is 6.42 Å². The van der Waals surface area contributed by atoms with Crippen molar-refractivity contribution >= 4 is 9.84 Å². The van der Waals surface area contributed by atoms with Gasteiger partial charge in [-0.3, -0.25) is 0 Å². The number of sulfone groups is 1. The van der Waals surface area contributed by atoms with Crippen LogP contribution in [0.2, 0.25) is 0 Å². The average Bonchev–Trinajstić information content (AvgIpc) is 2.27. The predicted octanol–water partition coefficient (Wildman–Crippen LogP) is 0.406. The summed E-state index contributed by atoms with van der Waals surface area (Å²) in [4.78, 5) is 0. The third-order valence-electron chi connectivity index (χ3n) is 3.05. The molecule has 0 aromatic heterocycles. The van der Waals surface area contributed by atoms with Crippen LogP contribution in [-0.2, 0) is 9.84 Å². The van der Waals surface area contributed by atoms with Crippen molar-refractivity contribution in [2.24, 2.45) is 17.1 Å². The highest BCUT2D eigenvalue weighted by Gasteiger charge is 2.43. The van der Waals surface area contributed by atoms with E-state index in [0.29, 0.717) is 18.2 Å². The van der Waals surface area contributed by atoms with E-state index in [2.05, 4.69) is 0 Å². The molecule has 1 saturated heterocycles. The van der Waals surface area contributed by atoms with Crippen LogP contribution < -0.4 is 5.73 Å². The van der Waals surface area contributed by atoms with E-state index in [1.807, 2.05) is 13.8 Å². The van der Waals surface area contributed by atoms with E-state index in [1.54, 1.807) is 0 Å². The molecule has 1 rings (SSSR count). The molecule has 2 N–H and O–H groups in total. The minimum absolute atomic E-state index is 0.140. The van der Waals surface area contributed by atoms with Crippen LogP contribution >= 0.6 is 0 Å². The fraction of sp³-hybridized carbons (Fsp3) is 1.00. The van der Waals surface area contributed by atoms with Gasteiger partial charge in [-0.25, -0.2) is 8.42 Å². The fourth-order valence-corrected chi connectivity index (χ4v) is 4.13. The Balaban J connectivity index is 2.87. The summed E-state index contributed by atoms with van der Waals surface area (Å²) in [5, 5.41) is 0. The molecule has 1 aliphatic heterocycles. The molecule has 0 amide bonds. The van der Waals surface area contributed by atoms with Crippen molar-refractivity contribution in [3.63, 3.8) is 0 Å². The Kier molecular flexibility index (Phi) is 2.50. The van der Waals surface area contributed by atoms with Gasteiger partial charge in [0, 0.05) is 0 Å². The average molecular weight is 191 g/mol. The molecule has 0 saturated carbocycles. The Morgan fingerprint density at radius 2 is 2.08 bits per heavy atom. The minimum atomic E-state index is -2.79. The largest absolute Gasteiger partial charge is 0.330 e. The molecule has 1 heterocycles. The molecule has 0 radical (unpaired) electrons. The van der Waals surface area contributed by atoms with E-state index >= 15 is 0 Å². The van der Waals surface area contributed by atoms with Crippen LogP contribution in [0.4, 0.5) is 0 Å². The van der Waals surface area contributed by atoms with Gasteiger partial charge in [-0.1, -0.05) is 13.8 Å². The minimum Gasteiger partial charge on any atom is -0.330 e. The summed E-state index contributed by atoms with van der Waals surface area (Å²) in [6.45, 7) is 4.59. The van der Waals surface area contributed by atoms with E-state index in [-0.39, 0.29) is 11.2 Å². The first kappa shape index (κ1) is 9.99. The van der Waals surface area contributed by atoms with Crippen LogP contribution in [0.3, 0.4) is 0 Å². The molecule has 1 atom stereocenters. The first-order valence-electron chi connectivity index (χ1n) is 4.32. The summed E-state index contributed by atoms with van der Waals surface area (Å²) in [6, 6.07) is 0. The maximum absolute atomic E-state index is 11.3. The lowest BCUT2D eigenvalue weighted by molar-refractivity contribution is 0.238. The summed E-state index contributed by atoms with van der Waals surface area (Å²) in [6.07, 6.45) is 0.740. The molecule has 0 bridgehead atoms. The van der Waals surface area contributed by atoms with Crippen molar-refractivity contribution in [1.82, 2.24) is 0 Å². The normalized spacial score (nSPS) is 34.3. The molecular weight excluding hydrogens is 174 g/mol. The van der Waals surface area contributed by atoms with E-state index < -0.39 is 9.84 Å². The van der Waals surface area contributed by atoms with Gasteiger partial charge in [-0.05, 0) is 24.3 Å². The van der Waals surface area contributed by atoms with Crippen molar-refractivity contribution in [1.29, 1.82) is 0 Å². The summed E-state index contributed by atoms with van der Waals surface area (Å²) in [5.41, 5.74) is 5.49. The van der Waals surface area contributed by atoms with Gasteiger partial charge in [0.15, 0.2) is 9.84 Å². The quantitative estimate of drug-likeness (QED) is 0.687. The second-order valence-corrected chi connectivity index (χ2v) is 6.25. The predicted molar refractivity (Wildman–Crippen MR) is 49.6 cm³/mol. The molecule has 0 aliphatic carbocycles. The van der Waals surface area contributed by atoms with E-state index in [4.69, 9.17) is 5.73 Å². The molecule has 72 valence electrons. The maximum atomic E-state index is 11.3. The van der Waals surface area contributed by atoms with Gasteiger partial charge >= 0.3 is 0 Å². The van der Waals surface area contributed by atoms with Gasteiger partial charge in [-0.2, -0.15) is 0 Å². The lowest BCUT2D eigenvalue weighted by Gasteiger charge is -2.30. The third kappa shape index (κ3) is 1.64. The maximum Gasteiger partial charge on any atom is 0.150 e. The molecular formula is C8H17NO2S. The third-order valence-corrected chi connectivity index (χ3v) is 4.89. The lowest BCUT2D eigenvalue weighted by Crippen LogP contribution is -2.36. The van der Waals surface area contributed by atoms with Crippen molar-refractivity contribution in [2.75, 3.05) is 18.1 Å². The molecule has 0 aromatic carbocycles. The van der Waals surface area contributed by atoms with Gasteiger partial charge in [-0.15, -0.1) is 0 Å². The molecule has 1 aliphatic rings. The number of hydrogen-bond donors (Lipinski definition) is 1. The van der Waals surface area contributed by atoms with Gasteiger partial charge in [0.25, 0.3) is 0 Å². The lowest BCUT2D eigenvalue weighted by atomic mass is 9.77. The van der Waals surface area contributed by atoms with Gasteiger partial charge in [0.1, 0.15) is 0 Å².